The van der Waals surface area contributed by atoms with E-state index in [4.69, 9.17) is 16.3 Å². The Morgan fingerprint density at radius 2 is 2.25 bits per heavy atom. The molecule has 0 aliphatic rings. The first-order valence-corrected chi connectivity index (χ1v) is 6.03. The molecule has 0 aliphatic carbocycles. The predicted octanol–water partition coefficient (Wildman–Crippen LogP) is 3.35. The van der Waals surface area contributed by atoms with Crippen molar-refractivity contribution in [3.05, 3.63) is 23.5 Å². The van der Waals surface area contributed by atoms with E-state index in [0.29, 0.717) is 11.1 Å². The minimum Gasteiger partial charge on any atom is -0.384 e. The zero-order valence-electron chi connectivity index (χ0n) is 9.87. The van der Waals surface area contributed by atoms with Gasteiger partial charge in [-0.1, -0.05) is 11.6 Å². The van der Waals surface area contributed by atoms with Crippen molar-refractivity contribution in [1.29, 1.82) is 0 Å². The summed E-state index contributed by atoms with van der Waals surface area (Å²) < 4.78 is 5.45. The van der Waals surface area contributed by atoms with Crippen molar-refractivity contribution in [1.82, 2.24) is 4.98 Å². The zero-order valence-corrected chi connectivity index (χ0v) is 10.6. The predicted molar refractivity (Wildman–Crippen MR) is 68.1 cm³/mol. The molecule has 1 heterocycles. The van der Waals surface area contributed by atoms with E-state index in [1.54, 1.807) is 12.4 Å². The average Bonchev–Trinajstić information content (AvgIpc) is 2.25. The molecule has 1 rings (SSSR count). The number of aromatic nitrogens is 1. The van der Waals surface area contributed by atoms with Crippen LogP contribution < -0.4 is 5.32 Å². The molecule has 0 aliphatic heterocycles. The van der Waals surface area contributed by atoms with E-state index in [0.717, 1.165) is 31.7 Å². The summed E-state index contributed by atoms with van der Waals surface area (Å²) >= 11 is 5.96. The molecule has 0 atom stereocenters. The number of hydrogen-bond donors (Lipinski definition) is 1. The van der Waals surface area contributed by atoms with Crippen molar-refractivity contribution >= 4 is 17.3 Å². The third-order valence-corrected chi connectivity index (χ3v) is 2.41. The molecule has 0 aromatic carbocycles. The third-order valence-electron chi connectivity index (χ3n) is 2.11. The number of ether oxygens (including phenoxy) is 1. The van der Waals surface area contributed by atoms with Gasteiger partial charge >= 0.3 is 0 Å². The Morgan fingerprint density at radius 3 is 2.94 bits per heavy atom. The topological polar surface area (TPSA) is 34.1 Å². The Hall–Kier alpha value is -0.800. The second kappa shape index (κ2) is 7.47. The maximum absolute atomic E-state index is 5.96. The molecule has 0 amide bonds. The first-order valence-electron chi connectivity index (χ1n) is 5.65. The highest BCUT2D eigenvalue weighted by Gasteiger charge is 1.98. The average molecular weight is 243 g/mol. The molecular weight excluding hydrogens is 224 g/mol. The molecule has 0 fully saturated rings. The largest absolute Gasteiger partial charge is 0.384 e. The fraction of sp³-hybridized carbons (Fsp3) is 0.583. The van der Waals surface area contributed by atoms with E-state index < -0.39 is 0 Å². The smallest absolute Gasteiger partial charge is 0.0820 e. The molecule has 1 aromatic rings. The SMILES string of the molecule is CC(C)OCCCCNc1ccncc1Cl. The quantitative estimate of drug-likeness (QED) is 0.745. The Morgan fingerprint density at radius 1 is 1.44 bits per heavy atom. The summed E-state index contributed by atoms with van der Waals surface area (Å²) in [5, 5.41) is 3.94. The summed E-state index contributed by atoms with van der Waals surface area (Å²) in [6.45, 7) is 5.83. The fourth-order valence-electron chi connectivity index (χ4n) is 1.29. The molecule has 0 unspecified atom stereocenters. The van der Waals surface area contributed by atoms with Crippen LogP contribution in [0.4, 0.5) is 5.69 Å². The molecule has 0 spiro atoms. The van der Waals surface area contributed by atoms with Gasteiger partial charge in [-0.15, -0.1) is 0 Å². The molecule has 0 saturated heterocycles. The third kappa shape index (κ3) is 5.33. The number of unbranched alkanes of at least 4 members (excludes halogenated alkanes) is 1. The van der Waals surface area contributed by atoms with E-state index in [-0.39, 0.29) is 0 Å². The molecule has 4 heteroatoms. The number of halogens is 1. The van der Waals surface area contributed by atoms with Crippen LogP contribution in [0.3, 0.4) is 0 Å². The number of nitrogens with zero attached hydrogens (tertiary/aromatic N) is 1. The number of hydrogen-bond acceptors (Lipinski definition) is 3. The second-order valence-electron chi connectivity index (χ2n) is 3.91. The van der Waals surface area contributed by atoms with E-state index in [2.05, 4.69) is 24.1 Å². The number of nitrogens with one attached hydrogen (secondary N) is 1. The minimum absolute atomic E-state index is 0.322. The van der Waals surface area contributed by atoms with Crippen LogP contribution in [0.15, 0.2) is 18.5 Å². The molecule has 0 bridgehead atoms. The normalized spacial score (nSPS) is 10.8. The highest BCUT2D eigenvalue weighted by atomic mass is 35.5. The summed E-state index contributed by atoms with van der Waals surface area (Å²) in [5.74, 6) is 0. The van der Waals surface area contributed by atoms with Gasteiger partial charge in [0.05, 0.1) is 16.8 Å². The Kier molecular flexibility index (Phi) is 6.19. The van der Waals surface area contributed by atoms with Crippen LogP contribution in [-0.4, -0.2) is 24.2 Å². The molecule has 0 radical (unpaired) electrons. The van der Waals surface area contributed by atoms with E-state index in [9.17, 15) is 0 Å². The molecule has 3 nitrogen and oxygen atoms in total. The van der Waals surface area contributed by atoms with Gasteiger partial charge in [-0.05, 0) is 32.8 Å². The van der Waals surface area contributed by atoms with Crippen LogP contribution in [0.1, 0.15) is 26.7 Å². The number of pyridine rings is 1. The first kappa shape index (κ1) is 13.3. The van der Waals surface area contributed by atoms with Gasteiger partial charge in [0.2, 0.25) is 0 Å². The van der Waals surface area contributed by atoms with E-state index in [1.807, 2.05) is 6.07 Å². The zero-order chi connectivity index (χ0) is 11.8. The van der Waals surface area contributed by atoms with Crippen LogP contribution >= 0.6 is 11.6 Å². The first-order chi connectivity index (χ1) is 7.70. The molecule has 1 N–H and O–H groups in total. The Balaban J connectivity index is 2.10. The standard InChI is InChI=1S/C12H19ClN2O/c1-10(2)16-8-4-3-6-15-12-5-7-14-9-11(12)13/h5,7,9-10H,3-4,6,8H2,1-2H3,(H,14,15). The molecule has 1 aromatic heterocycles. The highest BCUT2D eigenvalue weighted by molar-refractivity contribution is 6.33. The van der Waals surface area contributed by atoms with Crippen molar-refractivity contribution in [2.45, 2.75) is 32.8 Å². The fourth-order valence-corrected chi connectivity index (χ4v) is 1.47. The second-order valence-corrected chi connectivity index (χ2v) is 4.32. The van der Waals surface area contributed by atoms with Gasteiger partial charge in [-0.3, -0.25) is 4.98 Å². The summed E-state index contributed by atoms with van der Waals surface area (Å²) in [7, 11) is 0. The van der Waals surface area contributed by atoms with Gasteiger partial charge in [0.25, 0.3) is 0 Å². The number of rotatable bonds is 7. The van der Waals surface area contributed by atoms with Crippen molar-refractivity contribution in [2.24, 2.45) is 0 Å². The summed E-state index contributed by atoms with van der Waals surface area (Å²) in [4.78, 5) is 3.93. The van der Waals surface area contributed by atoms with Crippen molar-refractivity contribution in [2.75, 3.05) is 18.5 Å². The van der Waals surface area contributed by atoms with Gasteiger partial charge in [0.1, 0.15) is 0 Å². The van der Waals surface area contributed by atoms with E-state index >= 15 is 0 Å². The van der Waals surface area contributed by atoms with Gasteiger partial charge < -0.3 is 10.1 Å². The van der Waals surface area contributed by atoms with Crippen LogP contribution in [0.2, 0.25) is 5.02 Å². The lowest BCUT2D eigenvalue weighted by Gasteiger charge is -2.09. The monoisotopic (exact) mass is 242 g/mol. The van der Waals surface area contributed by atoms with Gasteiger partial charge in [-0.25, -0.2) is 0 Å². The van der Waals surface area contributed by atoms with Gasteiger partial charge in [0, 0.05) is 25.5 Å². The van der Waals surface area contributed by atoms with Crippen LogP contribution in [0.5, 0.6) is 0 Å². The van der Waals surface area contributed by atoms with Crippen LogP contribution in [0, 0.1) is 0 Å². The Labute approximate surface area is 102 Å². The lowest BCUT2D eigenvalue weighted by Crippen LogP contribution is -2.07. The molecule has 90 valence electrons. The van der Waals surface area contributed by atoms with Crippen LogP contribution in [-0.2, 0) is 4.74 Å². The van der Waals surface area contributed by atoms with Crippen molar-refractivity contribution in [3.8, 4) is 0 Å². The molecule has 0 saturated carbocycles. The van der Waals surface area contributed by atoms with Gasteiger partial charge in [0.15, 0.2) is 0 Å². The molecule has 16 heavy (non-hydrogen) atoms. The lowest BCUT2D eigenvalue weighted by molar-refractivity contribution is 0.0765. The minimum atomic E-state index is 0.322. The highest BCUT2D eigenvalue weighted by Crippen LogP contribution is 2.18. The van der Waals surface area contributed by atoms with Gasteiger partial charge in [-0.2, -0.15) is 0 Å². The van der Waals surface area contributed by atoms with Crippen LogP contribution in [0.25, 0.3) is 0 Å². The summed E-state index contributed by atoms with van der Waals surface area (Å²) in [6, 6.07) is 1.88. The maximum Gasteiger partial charge on any atom is 0.0820 e. The summed E-state index contributed by atoms with van der Waals surface area (Å²) in [5.41, 5.74) is 0.946. The lowest BCUT2D eigenvalue weighted by atomic mass is 10.3. The van der Waals surface area contributed by atoms with Crippen molar-refractivity contribution in [3.63, 3.8) is 0 Å². The Bertz CT molecular complexity index is 305. The van der Waals surface area contributed by atoms with E-state index in [1.165, 1.54) is 0 Å². The summed E-state index contributed by atoms with van der Waals surface area (Å²) in [6.07, 6.45) is 5.84. The maximum atomic E-state index is 5.96. The number of anilines is 1. The molecular formula is C12H19ClN2O. The van der Waals surface area contributed by atoms with Crippen molar-refractivity contribution < 1.29 is 4.74 Å².